The summed E-state index contributed by atoms with van der Waals surface area (Å²) >= 11 is 1.33. The third-order valence-electron chi connectivity index (χ3n) is 2.13. The van der Waals surface area contributed by atoms with E-state index in [1.54, 1.807) is 11.6 Å². The molecule has 0 aromatic carbocycles. The zero-order valence-electron chi connectivity index (χ0n) is 8.71. The van der Waals surface area contributed by atoms with Crippen molar-refractivity contribution in [1.29, 1.82) is 0 Å². The molecule has 0 atom stereocenters. The van der Waals surface area contributed by atoms with Crippen molar-refractivity contribution >= 4 is 22.2 Å². The van der Waals surface area contributed by atoms with Crippen LogP contribution in [-0.4, -0.2) is 34.5 Å². The standard InChI is InChI=1S/C9H9N3O3S/c1-11(15-2)7(13)6-5-10-9-12(8(6)14)3-4-16-9/h3-5H,1-2H3. The van der Waals surface area contributed by atoms with Crippen LogP contribution in [0.4, 0.5) is 0 Å². The summed E-state index contributed by atoms with van der Waals surface area (Å²) in [5.74, 6) is -0.513. The Labute approximate surface area is 94.7 Å². The molecule has 7 heteroatoms. The Morgan fingerprint density at radius 1 is 1.62 bits per heavy atom. The summed E-state index contributed by atoms with van der Waals surface area (Å²) in [6.07, 6.45) is 2.85. The molecule has 2 aromatic rings. The highest BCUT2D eigenvalue weighted by molar-refractivity contribution is 7.15. The van der Waals surface area contributed by atoms with Crippen molar-refractivity contribution in [3.05, 3.63) is 33.7 Å². The number of carbonyl (C=O) groups is 1. The van der Waals surface area contributed by atoms with Crippen LogP contribution in [0.2, 0.25) is 0 Å². The van der Waals surface area contributed by atoms with Crippen LogP contribution in [0.15, 0.2) is 22.6 Å². The maximum atomic E-state index is 11.9. The highest BCUT2D eigenvalue weighted by Gasteiger charge is 2.17. The van der Waals surface area contributed by atoms with Crippen LogP contribution in [0.25, 0.3) is 4.96 Å². The van der Waals surface area contributed by atoms with E-state index < -0.39 is 5.91 Å². The molecule has 2 rings (SSSR count). The van der Waals surface area contributed by atoms with Gasteiger partial charge in [-0.1, -0.05) is 0 Å². The fourth-order valence-corrected chi connectivity index (χ4v) is 1.90. The van der Waals surface area contributed by atoms with Crippen molar-refractivity contribution < 1.29 is 9.63 Å². The molecular formula is C9H9N3O3S. The molecule has 0 saturated heterocycles. The van der Waals surface area contributed by atoms with Gasteiger partial charge in [-0.2, -0.15) is 0 Å². The molecule has 2 aromatic heterocycles. The van der Waals surface area contributed by atoms with E-state index in [0.29, 0.717) is 4.96 Å². The molecule has 0 aliphatic carbocycles. The molecule has 1 amide bonds. The molecule has 16 heavy (non-hydrogen) atoms. The predicted octanol–water partition coefficient (Wildman–Crippen LogP) is 0.389. The number of nitrogens with zero attached hydrogens (tertiary/aromatic N) is 3. The Hall–Kier alpha value is -1.73. The van der Waals surface area contributed by atoms with E-state index in [-0.39, 0.29) is 11.1 Å². The molecule has 6 nitrogen and oxygen atoms in total. The number of thiazole rings is 1. The van der Waals surface area contributed by atoms with E-state index in [2.05, 4.69) is 4.98 Å². The first-order valence-electron chi connectivity index (χ1n) is 4.42. The average molecular weight is 239 g/mol. The van der Waals surface area contributed by atoms with E-state index in [1.807, 2.05) is 0 Å². The Balaban J connectivity index is 2.57. The third kappa shape index (κ3) is 1.59. The monoisotopic (exact) mass is 239 g/mol. The zero-order chi connectivity index (χ0) is 11.7. The molecule has 0 radical (unpaired) electrons. The lowest BCUT2D eigenvalue weighted by atomic mass is 10.3. The lowest BCUT2D eigenvalue weighted by molar-refractivity contribution is -0.0758. The van der Waals surface area contributed by atoms with Gasteiger partial charge < -0.3 is 0 Å². The second-order valence-electron chi connectivity index (χ2n) is 3.02. The Kier molecular flexibility index (Phi) is 2.71. The molecule has 0 aliphatic heterocycles. The molecule has 0 fully saturated rings. The third-order valence-corrected chi connectivity index (χ3v) is 2.90. The van der Waals surface area contributed by atoms with E-state index in [4.69, 9.17) is 4.84 Å². The maximum Gasteiger partial charge on any atom is 0.284 e. The van der Waals surface area contributed by atoms with Crippen molar-refractivity contribution in [2.24, 2.45) is 0 Å². The van der Waals surface area contributed by atoms with Crippen LogP contribution in [-0.2, 0) is 4.84 Å². The first kappa shape index (κ1) is 10.8. The normalized spacial score (nSPS) is 10.6. The van der Waals surface area contributed by atoms with Gasteiger partial charge in [-0.05, 0) is 0 Å². The van der Waals surface area contributed by atoms with E-state index in [1.165, 1.54) is 36.1 Å². The Morgan fingerprint density at radius 3 is 3.06 bits per heavy atom. The maximum absolute atomic E-state index is 11.9. The smallest absolute Gasteiger partial charge is 0.274 e. The van der Waals surface area contributed by atoms with Gasteiger partial charge in [0.1, 0.15) is 5.56 Å². The largest absolute Gasteiger partial charge is 0.284 e. The summed E-state index contributed by atoms with van der Waals surface area (Å²) in [7, 11) is 2.79. The molecule has 0 unspecified atom stereocenters. The van der Waals surface area contributed by atoms with Gasteiger partial charge in [0.05, 0.1) is 7.11 Å². The number of carbonyl (C=O) groups excluding carboxylic acids is 1. The van der Waals surface area contributed by atoms with Gasteiger partial charge in [0.2, 0.25) is 0 Å². The number of aromatic nitrogens is 2. The van der Waals surface area contributed by atoms with Gasteiger partial charge in [0.15, 0.2) is 4.96 Å². The van der Waals surface area contributed by atoms with Crippen LogP contribution in [0.3, 0.4) is 0 Å². The molecule has 0 saturated carbocycles. The van der Waals surface area contributed by atoms with Crippen molar-refractivity contribution in [1.82, 2.24) is 14.4 Å². The van der Waals surface area contributed by atoms with Crippen LogP contribution in [0.5, 0.6) is 0 Å². The fraction of sp³-hybridized carbons (Fsp3) is 0.222. The SMILES string of the molecule is CON(C)C(=O)c1cnc2sccn2c1=O. The minimum absolute atomic E-state index is 0.0137. The second kappa shape index (κ2) is 4.03. The van der Waals surface area contributed by atoms with Crippen LogP contribution in [0.1, 0.15) is 10.4 Å². The predicted molar refractivity (Wildman–Crippen MR) is 58.4 cm³/mol. The molecule has 0 bridgehead atoms. The molecule has 0 spiro atoms. The topological polar surface area (TPSA) is 63.9 Å². The van der Waals surface area contributed by atoms with E-state index >= 15 is 0 Å². The number of fused-ring (bicyclic) bond motifs is 1. The van der Waals surface area contributed by atoms with Gasteiger partial charge in [-0.15, -0.1) is 11.3 Å². The summed E-state index contributed by atoms with van der Waals surface area (Å²) in [5, 5.41) is 2.72. The number of hydrogen-bond donors (Lipinski definition) is 0. The van der Waals surface area contributed by atoms with Crippen molar-refractivity contribution in [2.75, 3.05) is 14.2 Å². The van der Waals surface area contributed by atoms with Crippen molar-refractivity contribution in [3.63, 3.8) is 0 Å². The van der Waals surface area contributed by atoms with Gasteiger partial charge >= 0.3 is 0 Å². The molecule has 0 aliphatic rings. The average Bonchev–Trinajstić information content (AvgIpc) is 2.76. The summed E-state index contributed by atoms with van der Waals surface area (Å²) in [6.45, 7) is 0. The van der Waals surface area contributed by atoms with Crippen molar-refractivity contribution in [2.45, 2.75) is 0 Å². The minimum Gasteiger partial charge on any atom is -0.274 e. The first-order chi connectivity index (χ1) is 7.65. The quantitative estimate of drug-likeness (QED) is 0.711. The zero-order valence-corrected chi connectivity index (χ0v) is 9.52. The number of hydroxylamine groups is 2. The van der Waals surface area contributed by atoms with E-state index in [0.717, 1.165) is 5.06 Å². The first-order valence-corrected chi connectivity index (χ1v) is 5.30. The van der Waals surface area contributed by atoms with E-state index in [9.17, 15) is 9.59 Å². The summed E-state index contributed by atoms with van der Waals surface area (Å²) in [5.41, 5.74) is -0.402. The fourth-order valence-electron chi connectivity index (χ4n) is 1.22. The van der Waals surface area contributed by atoms with Gasteiger partial charge in [0.25, 0.3) is 11.5 Å². The van der Waals surface area contributed by atoms with Gasteiger partial charge in [-0.25, -0.2) is 10.0 Å². The molecule has 2 heterocycles. The number of amides is 1. The summed E-state index contributed by atoms with van der Waals surface area (Å²) in [4.78, 5) is 32.9. The number of hydrogen-bond acceptors (Lipinski definition) is 5. The Bertz CT molecular complexity index is 589. The molecule has 0 N–H and O–H groups in total. The molecular weight excluding hydrogens is 230 g/mol. The lowest BCUT2D eigenvalue weighted by Gasteiger charge is -2.12. The Morgan fingerprint density at radius 2 is 2.38 bits per heavy atom. The minimum atomic E-state index is -0.513. The second-order valence-corrected chi connectivity index (χ2v) is 3.89. The summed E-state index contributed by atoms with van der Waals surface area (Å²) in [6, 6.07) is 0. The van der Waals surface area contributed by atoms with Crippen LogP contribution >= 0.6 is 11.3 Å². The molecule has 84 valence electrons. The van der Waals surface area contributed by atoms with Crippen LogP contribution in [0, 0.1) is 0 Å². The lowest BCUT2D eigenvalue weighted by Crippen LogP contribution is -2.32. The highest BCUT2D eigenvalue weighted by atomic mass is 32.1. The number of rotatable bonds is 2. The highest BCUT2D eigenvalue weighted by Crippen LogP contribution is 2.06. The van der Waals surface area contributed by atoms with Crippen LogP contribution < -0.4 is 5.56 Å². The van der Waals surface area contributed by atoms with Gasteiger partial charge in [-0.3, -0.25) is 18.8 Å². The summed E-state index contributed by atoms with van der Waals surface area (Å²) < 4.78 is 1.33. The van der Waals surface area contributed by atoms with Gasteiger partial charge in [0, 0.05) is 24.8 Å². The van der Waals surface area contributed by atoms with Crippen molar-refractivity contribution in [3.8, 4) is 0 Å².